The molecule has 1 N–H and O–H groups in total. The molecule has 0 bridgehead atoms. The number of carbonyl (C=O) groups is 1. The van der Waals surface area contributed by atoms with Crippen LogP contribution in [0.5, 0.6) is 11.5 Å². The van der Waals surface area contributed by atoms with E-state index in [1.807, 2.05) is 0 Å². The van der Waals surface area contributed by atoms with Crippen LogP contribution in [0.25, 0.3) is 0 Å². The van der Waals surface area contributed by atoms with E-state index in [0.717, 1.165) is 26.2 Å². The highest BCUT2D eigenvalue weighted by molar-refractivity contribution is 5.91. The molecule has 2 aliphatic rings. The van der Waals surface area contributed by atoms with Crippen molar-refractivity contribution in [2.75, 3.05) is 52.3 Å². The summed E-state index contributed by atoms with van der Waals surface area (Å²) in [5.74, 6) is 1.37. The molecule has 1 aromatic carbocycles. The van der Waals surface area contributed by atoms with E-state index in [4.69, 9.17) is 9.47 Å². The van der Waals surface area contributed by atoms with Crippen molar-refractivity contribution in [3.05, 3.63) is 18.2 Å². The molecule has 0 radical (unpaired) electrons. The summed E-state index contributed by atoms with van der Waals surface area (Å²) in [5.41, 5.74) is 0.707. The number of nitrogens with one attached hydrogen (secondary N) is 1. The summed E-state index contributed by atoms with van der Waals surface area (Å²) in [7, 11) is 3.20. The van der Waals surface area contributed by atoms with E-state index in [-0.39, 0.29) is 5.91 Å². The third-order valence-corrected chi connectivity index (χ3v) is 5.21. The molecular weight excluding hydrogens is 318 g/mol. The predicted molar refractivity (Wildman–Crippen MR) is 98.4 cm³/mol. The van der Waals surface area contributed by atoms with Crippen LogP contribution in [0.4, 0.5) is 5.69 Å². The molecular formula is C19H29N3O3. The van der Waals surface area contributed by atoms with Gasteiger partial charge in [-0.05, 0) is 19.4 Å². The number of amides is 1. The fourth-order valence-electron chi connectivity index (χ4n) is 3.79. The van der Waals surface area contributed by atoms with Crippen molar-refractivity contribution in [2.24, 2.45) is 0 Å². The normalized spacial score (nSPS) is 21.4. The summed E-state index contributed by atoms with van der Waals surface area (Å²) in [6.07, 6.45) is 4.48. The van der Waals surface area contributed by atoms with E-state index in [9.17, 15) is 4.79 Å². The van der Waals surface area contributed by atoms with Crippen LogP contribution in [0.2, 0.25) is 0 Å². The number of methoxy groups -OCH3 is 2. The Morgan fingerprint density at radius 2 is 1.88 bits per heavy atom. The Morgan fingerprint density at radius 3 is 2.60 bits per heavy atom. The highest BCUT2D eigenvalue weighted by Gasteiger charge is 2.28. The molecule has 2 saturated heterocycles. The van der Waals surface area contributed by atoms with Gasteiger partial charge in [-0.25, -0.2) is 0 Å². The molecule has 0 spiro atoms. The van der Waals surface area contributed by atoms with Gasteiger partial charge in [-0.1, -0.05) is 6.42 Å². The van der Waals surface area contributed by atoms with Crippen LogP contribution in [-0.2, 0) is 4.79 Å². The summed E-state index contributed by atoms with van der Waals surface area (Å²) >= 11 is 0. The van der Waals surface area contributed by atoms with Crippen LogP contribution in [-0.4, -0.2) is 68.7 Å². The summed E-state index contributed by atoms with van der Waals surface area (Å²) in [6, 6.07) is 6.09. The quantitative estimate of drug-likeness (QED) is 0.855. The standard InChI is InChI=1S/C19H29N3O3/c1-24-17-11-15(12-18(13-17)25-2)20-19(23)6-8-21-9-10-22-7-4-3-5-16(22)14-21/h11-13,16H,3-10,14H2,1-2H3,(H,20,23)/t16-/m0/s1. The second-order valence-electron chi connectivity index (χ2n) is 6.89. The van der Waals surface area contributed by atoms with E-state index < -0.39 is 0 Å². The van der Waals surface area contributed by atoms with Gasteiger partial charge in [0.2, 0.25) is 5.91 Å². The van der Waals surface area contributed by atoms with Gasteiger partial charge >= 0.3 is 0 Å². The van der Waals surface area contributed by atoms with Gasteiger partial charge < -0.3 is 14.8 Å². The molecule has 0 aliphatic carbocycles. The minimum absolute atomic E-state index is 0.0291. The molecule has 3 rings (SSSR count). The van der Waals surface area contributed by atoms with E-state index >= 15 is 0 Å². The third-order valence-electron chi connectivity index (χ3n) is 5.21. The smallest absolute Gasteiger partial charge is 0.225 e. The minimum atomic E-state index is 0.0291. The molecule has 6 nitrogen and oxygen atoms in total. The predicted octanol–water partition coefficient (Wildman–Crippen LogP) is 2.20. The zero-order valence-electron chi connectivity index (χ0n) is 15.3. The number of piperidine rings is 1. The summed E-state index contributed by atoms with van der Waals surface area (Å²) in [5, 5.41) is 2.95. The van der Waals surface area contributed by atoms with Crippen molar-refractivity contribution in [1.29, 1.82) is 0 Å². The maximum atomic E-state index is 12.3. The lowest BCUT2D eigenvalue weighted by Crippen LogP contribution is -2.55. The van der Waals surface area contributed by atoms with Gasteiger partial charge in [0, 0.05) is 62.5 Å². The molecule has 0 aromatic heterocycles. The first-order valence-corrected chi connectivity index (χ1v) is 9.17. The van der Waals surface area contributed by atoms with Crippen LogP contribution < -0.4 is 14.8 Å². The number of benzene rings is 1. The zero-order valence-corrected chi connectivity index (χ0v) is 15.3. The summed E-state index contributed by atoms with van der Waals surface area (Å²) < 4.78 is 10.5. The monoisotopic (exact) mass is 347 g/mol. The lowest BCUT2D eigenvalue weighted by Gasteiger charge is -2.44. The highest BCUT2D eigenvalue weighted by Crippen LogP contribution is 2.26. The first-order valence-electron chi connectivity index (χ1n) is 9.17. The number of hydrogen-bond acceptors (Lipinski definition) is 5. The number of rotatable bonds is 6. The molecule has 2 aliphatic heterocycles. The average molecular weight is 347 g/mol. The van der Waals surface area contributed by atoms with Crippen LogP contribution in [0.15, 0.2) is 18.2 Å². The third kappa shape index (κ3) is 4.86. The van der Waals surface area contributed by atoms with Crippen molar-refractivity contribution >= 4 is 11.6 Å². The molecule has 2 heterocycles. The molecule has 0 saturated carbocycles. The Labute approximate surface area is 150 Å². The van der Waals surface area contributed by atoms with E-state index in [1.54, 1.807) is 32.4 Å². The van der Waals surface area contributed by atoms with Gasteiger partial charge in [0.1, 0.15) is 11.5 Å². The van der Waals surface area contributed by atoms with Gasteiger partial charge in [-0.15, -0.1) is 0 Å². The van der Waals surface area contributed by atoms with Crippen molar-refractivity contribution in [3.63, 3.8) is 0 Å². The van der Waals surface area contributed by atoms with Crippen LogP contribution >= 0.6 is 0 Å². The summed E-state index contributed by atoms with van der Waals surface area (Å²) in [6.45, 7) is 5.37. The molecule has 2 fully saturated rings. The summed E-state index contributed by atoms with van der Waals surface area (Å²) in [4.78, 5) is 17.3. The largest absolute Gasteiger partial charge is 0.497 e. The number of ether oxygens (including phenoxy) is 2. The molecule has 1 aromatic rings. The maximum absolute atomic E-state index is 12.3. The topological polar surface area (TPSA) is 54.0 Å². The average Bonchev–Trinajstić information content (AvgIpc) is 2.65. The van der Waals surface area contributed by atoms with Gasteiger partial charge in [0.15, 0.2) is 0 Å². The molecule has 1 atom stereocenters. The Bertz CT molecular complexity index is 571. The van der Waals surface area contributed by atoms with Crippen molar-refractivity contribution in [3.8, 4) is 11.5 Å². The molecule has 1 amide bonds. The molecule has 6 heteroatoms. The fraction of sp³-hybridized carbons (Fsp3) is 0.632. The van der Waals surface area contributed by atoms with E-state index in [2.05, 4.69) is 15.1 Å². The zero-order chi connectivity index (χ0) is 17.6. The van der Waals surface area contributed by atoms with Crippen LogP contribution in [0, 0.1) is 0 Å². The van der Waals surface area contributed by atoms with Crippen molar-refractivity contribution in [2.45, 2.75) is 31.7 Å². The number of fused-ring (bicyclic) bond motifs is 1. The molecule has 25 heavy (non-hydrogen) atoms. The fourth-order valence-corrected chi connectivity index (χ4v) is 3.79. The van der Waals surface area contributed by atoms with Gasteiger partial charge in [0.05, 0.1) is 14.2 Å². The SMILES string of the molecule is COc1cc(NC(=O)CCN2CCN3CCCC[C@H]3C2)cc(OC)c1. The number of nitrogens with zero attached hydrogens (tertiary/aromatic N) is 2. The first-order chi connectivity index (χ1) is 12.2. The maximum Gasteiger partial charge on any atom is 0.225 e. The van der Waals surface area contributed by atoms with Gasteiger partial charge in [0.25, 0.3) is 0 Å². The van der Waals surface area contributed by atoms with Crippen LogP contribution in [0.1, 0.15) is 25.7 Å². The highest BCUT2D eigenvalue weighted by atomic mass is 16.5. The first kappa shape index (κ1) is 18.0. The Kier molecular flexibility index (Phi) is 6.15. The van der Waals surface area contributed by atoms with Crippen molar-refractivity contribution in [1.82, 2.24) is 9.80 Å². The van der Waals surface area contributed by atoms with Crippen molar-refractivity contribution < 1.29 is 14.3 Å². The number of hydrogen-bond donors (Lipinski definition) is 1. The Balaban J connectivity index is 1.48. The number of anilines is 1. The Morgan fingerprint density at radius 1 is 1.12 bits per heavy atom. The number of carbonyl (C=O) groups excluding carboxylic acids is 1. The van der Waals surface area contributed by atoms with E-state index in [0.29, 0.717) is 29.6 Å². The van der Waals surface area contributed by atoms with Gasteiger partial charge in [-0.3, -0.25) is 14.6 Å². The second-order valence-corrected chi connectivity index (χ2v) is 6.89. The second kappa shape index (κ2) is 8.54. The molecule has 0 unspecified atom stereocenters. The van der Waals surface area contributed by atoms with Crippen LogP contribution in [0.3, 0.4) is 0 Å². The molecule has 138 valence electrons. The van der Waals surface area contributed by atoms with Gasteiger partial charge in [-0.2, -0.15) is 0 Å². The minimum Gasteiger partial charge on any atom is -0.497 e. The number of piperazine rings is 1. The lowest BCUT2D eigenvalue weighted by atomic mass is 9.99. The van der Waals surface area contributed by atoms with E-state index in [1.165, 1.54) is 25.8 Å². The lowest BCUT2D eigenvalue weighted by molar-refractivity contribution is -0.116. The Hall–Kier alpha value is -1.79.